The summed E-state index contributed by atoms with van der Waals surface area (Å²) in [4.78, 5) is 36.0. The summed E-state index contributed by atoms with van der Waals surface area (Å²) in [7, 11) is 0. The molecule has 9 heteroatoms. The van der Waals surface area contributed by atoms with Crippen LogP contribution < -0.4 is 10.9 Å². The molecule has 0 saturated heterocycles. The van der Waals surface area contributed by atoms with E-state index in [0.717, 1.165) is 0 Å². The van der Waals surface area contributed by atoms with Gasteiger partial charge in [0.15, 0.2) is 0 Å². The molecule has 0 saturated carbocycles. The molecule has 3 rings (SSSR count). The van der Waals surface area contributed by atoms with Crippen molar-refractivity contribution in [2.24, 2.45) is 0 Å². The van der Waals surface area contributed by atoms with Crippen LogP contribution in [0.5, 0.6) is 5.75 Å². The van der Waals surface area contributed by atoms with Crippen molar-refractivity contribution in [3.63, 3.8) is 0 Å². The van der Waals surface area contributed by atoms with Crippen LogP contribution in [0.25, 0.3) is 0 Å². The van der Waals surface area contributed by atoms with Gasteiger partial charge in [0, 0.05) is 17.0 Å². The predicted octanol–water partition coefficient (Wildman–Crippen LogP) is 1.14. The van der Waals surface area contributed by atoms with Crippen LogP contribution in [0, 0.1) is 0 Å². The highest BCUT2D eigenvalue weighted by Crippen LogP contribution is 2.28. The lowest BCUT2D eigenvalue weighted by Crippen LogP contribution is -2.38. The van der Waals surface area contributed by atoms with Crippen molar-refractivity contribution in [1.29, 1.82) is 0 Å². The lowest BCUT2D eigenvalue weighted by Gasteiger charge is -2.24. The van der Waals surface area contributed by atoms with Crippen molar-refractivity contribution in [3.05, 3.63) is 62.0 Å². The zero-order valence-corrected chi connectivity index (χ0v) is 15.0. The molecule has 2 aromatic rings. The molecular weight excluding hydrogens is 376 g/mol. The normalized spacial score (nSPS) is 13.1. The predicted molar refractivity (Wildman–Crippen MR) is 96.2 cm³/mol. The molecule has 1 aliphatic heterocycles. The molecule has 0 fully saturated rings. The Morgan fingerprint density at radius 2 is 2.04 bits per heavy atom. The Morgan fingerprint density at radius 1 is 1.30 bits per heavy atom. The molecule has 0 radical (unpaired) electrons. The third kappa shape index (κ3) is 3.81. The molecule has 1 amide bonds. The minimum atomic E-state index is -1.26. The van der Waals surface area contributed by atoms with Gasteiger partial charge in [0.2, 0.25) is 0 Å². The molecule has 1 aliphatic rings. The Morgan fingerprint density at radius 3 is 2.74 bits per heavy atom. The van der Waals surface area contributed by atoms with Crippen LogP contribution in [0.2, 0.25) is 5.02 Å². The Balaban J connectivity index is 2.13. The van der Waals surface area contributed by atoms with Gasteiger partial charge in [-0.2, -0.15) is 0 Å². The highest BCUT2D eigenvalue weighted by atomic mass is 35.5. The summed E-state index contributed by atoms with van der Waals surface area (Å²) >= 11 is 6.19. The quantitative estimate of drug-likeness (QED) is 0.702. The summed E-state index contributed by atoms with van der Waals surface area (Å²) in [6.45, 7) is -0.132. The number of aromatic nitrogens is 1. The van der Waals surface area contributed by atoms with Crippen LogP contribution in [0.1, 0.15) is 27.2 Å². The molecule has 2 heterocycles. The first-order valence-electron chi connectivity index (χ1n) is 8.18. The summed E-state index contributed by atoms with van der Waals surface area (Å²) in [5.74, 6) is -2.63. The van der Waals surface area contributed by atoms with Crippen molar-refractivity contribution in [1.82, 2.24) is 9.88 Å². The number of rotatable bonds is 5. The number of aromatic hydroxyl groups is 1. The smallest absolute Gasteiger partial charge is 0.322 e. The molecule has 1 aromatic carbocycles. The second-order valence-corrected chi connectivity index (χ2v) is 6.42. The number of benzene rings is 1. The standard InChI is InChI=1S/C18H17ClN2O6/c19-12-4-2-1-3-10(12)8-21-13-9-27-6-5-11(13)16(24)15(18(21)26)17(25)20-7-14(22)23/h1-4,24H,5-9H2,(H,20,25)(H,22,23). The molecule has 0 spiro atoms. The first kappa shape index (κ1) is 18.9. The lowest BCUT2D eigenvalue weighted by molar-refractivity contribution is -0.135. The van der Waals surface area contributed by atoms with Crippen molar-refractivity contribution in [3.8, 4) is 5.75 Å². The number of aliphatic carboxylic acids is 1. The average molecular weight is 393 g/mol. The van der Waals surface area contributed by atoms with Crippen LogP contribution in [0.3, 0.4) is 0 Å². The van der Waals surface area contributed by atoms with Gasteiger partial charge < -0.3 is 24.8 Å². The van der Waals surface area contributed by atoms with E-state index < -0.39 is 35.3 Å². The van der Waals surface area contributed by atoms with Gasteiger partial charge >= 0.3 is 5.97 Å². The fourth-order valence-corrected chi connectivity index (χ4v) is 3.19. The van der Waals surface area contributed by atoms with Crippen molar-refractivity contribution >= 4 is 23.5 Å². The molecule has 0 atom stereocenters. The van der Waals surface area contributed by atoms with Crippen LogP contribution in [0.4, 0.5) is 0 Å². The number of hydrogen-bond donors (Lipinski definition) is 3. The third-order valence-electron chi connectivity index (χ3n) is 4.30. The van der Waals surface area contributed by atoms with Crippen molar-refractivity contribution in [2.75, 3.05) is 13.2 Å². The maximum atomic E-state index is 13.0. The molecule has 3 N–H and O–H groups in total. The fraction of sp³-hybridized carbons (Fsp3) is 0.278. The van der Waals surface area contributed by atoms with E-state index in [0.29, 0.717) is 34.9 Å². The number of pyridine rings is 1. The van der Waals surface area contributed by atoms with E-state index >= 15 is 0 Å². The molecule has 0 aliphatic carbocycles. The summed E-state index contributed by atoms with van der Waals surface area (Å²) in [6.07, 6.45) is 0.323. The number of carboxylic acids is 1. The largest absolute Gasteiger partial charge is 0.507 e. The van der Waals surface area contributed by atoms with Gasteiger partial charge in [-0.1, -0.05) is 29.8 Å². The van der Waals surface area contributed by atoms with Gasteiger partial charge in [0.05, 0.1) is 25.5 Å². The zero-order valence-electron chi connectivity index (χ0n) is 14.2. The maximum Gasteiger partial charge on any atom is 0.322 e. The first-order valence-corrected chi connectivity index (χ1v) is 8.56. The zero-order chi connectivity index (χ0) is 19.6. The van der Waals surface area contributed by atoms with E-state index in [1.165, 1.54) is 4.57 Å². The van der Waals surface area contributed by atoms with Crippen molar-refractivity contribution in [2.45, 2.75) is 19.6 Å². The van der Waals surface area contributed by atoms with Gasteiger partial charge in [-0.3, -0.25) is 14.4 Å². The maximum absolute atomic E-state index is 13.0. The number of amides is 1. The van der Waals surface area contributed by atoms with E-state index in [2.05, 4.69) is 5.32 Å². The summed E-state index contributed by atoms with van der Waals surface area (Å²) in [5.41, 5.74) is 0.354. The van der Waals surface area contributed by atoms with Gasteiger partial charge in [0.25, 0.3) is 11.5 Å². The van der Waals surface area contributed by atoms with Crippen LogP contribution in [0.15, 0.2) is 29.1 Å². The van der Waals surface area contributed by atoms with E-state index in [1.54, 1.807) is 24.3 Å². The minimum Gasteiger partial charge on any atom is -0.507 e. The van der Waals surface area contributed by atoms with E-state index in [-0.39, 0.29) is 13.2 Å². The monoisotopic (exact) mass is 392 g/mol. The molecule has 142 valence electrons. The van der Waals surface area contributed by atoms with Crippen molar-refractivity contribution < 1.29 is 24.5 Å². The number of nitrogens with one attached hydrogen (secondary N) is 1. The molecule has 8 nitrogen and oxygen atoms in total. The van der Waals surface area contributed by atoms with Gasteiger partial charge in [-0.25, -0.2) is 0 Å². The highest BCUT2D eigenvalue weighted by molar-refractivity contribution is 6.31. The van der Waals surface area contributed by atoms with Crippen LogP contribution >= 0.6 is 11.6 Å². The Kier molecular flexibility index (Phi) is 5.48. The number of carboxylic acid groups (broad SMARTS) is 1. The fourth-order valence-electron chi connectivity index (χ4n) is 2.99. The van der Waals surface area contributed by atoms with E-state index in [9.17, 15) is 19.5 Å². The summed E-state index contributed by atoms with van der Waals surface area (Å²) in [5, 5.41) is 21.8. The Bertz CT molecular complexity index is 969. The van der Waals surface area contributed by atoms with Gasteiger partial charge in [-0.15, -0.1) is 0 Å². The SMILES string of the molecule is O=C(O)CNC(=O)c1c(O)c2c(n(Cc3ccccc3Cl)c1=O)COCC2. The topological polar surface area (TPSA) is 118 Å². The van der Waals surface area contributed by atoms with E-state index in [1.807, 2.05) is 0 Å². The summed E-state index contributed by atoms with van der Waals surface area (Å²) < 4.78 is 6.75. The number of halogens is 1. The number of ether oxygens (including phenoxy) is 1. The Hall–Kier alpha value is -2.84. The molecule has 27 heavy (non-hydrogen) atoms. The minimum absolute atomic E-state index is 0.0870. The number of nitrogens with zero attached hydrogens (tertiary/aromatic N) is 1. The molecule has 0 bridgehead atoms. The number of fused-ring (bicyclic) bond motifs is 1. The van der Waals surface area contributed by atoms with Crippen LogP contribution in [-0.2, 0) is 29.1 Å². The first-order chi connectivity index (χ1) is 12.9. The molecular formula is C18H17ClN2O6. The number of hydrogen-bond acceptors (Lipinski definition) is 5. The van der Waals surface area contributed by atoms with E-state index in [4.69, 9.17) is 21.4 Å². The average Bonchev–Trinajstić information content (AvgIpc) is 2.65. The van der Waals surface area contributed by atoms with Crippen LogP contribution in [-0.4, -0.2) is 39.8 Å². The highest BCUT2D eigenvalue weighted by Gasteiger charge is 2.28. The summed E-state index contributed by atoms with van der Waals surface area (Å²) in [6, 6.07) is 6.97. The van der Waals surface area contributed by atoms with Gasteiger partial charge in [-0.05, 0) is 11.6 Å². The second-order valence-electron chi connectivity index (χ2n) is 6.01. The number of carbonyl (C=O) groups is 2. The molecule has 0 unspecified atom stereocenters. The number of carbonyl (C=O) groups excluding carboxylic acids is 1. The van der Waals surface area contributed by atoms with Gasteiger partial charge in [0.1, 0.15) is 17.9 Å². The second kappa shape index (κ2) is 7.81. The lowest BCUT2D eigenvalue weighted by atomic mass is 10.0. The third-order valence-corrected chi connectivity index (χ3v) is 4.67. The molecule has 1 aromatic heterocycles. The Labute approximate surface area is 159 Å².